The number of hydrogen-bond acceptors (Lipinski definition) is 5. The molecule has 2 aliphatic rings. The summed E-state index contributed by atoms with van der Waals surface area (Å²) in [6.07, 6.45) is 6.71. The van der Waals surface area contributed by atoms with Crippen molar-refractivity contribution in [2.45, 2.75) is 32.0 Å². The first kappa shape index (κ1) is 15.3. The number of rotatable bonds is 5. The van der Waals surface area contributed by atoms with Crippen LogP contribution in [0, 0.1) is 0 Å². The zero-order chi connectivity index (χ0) is 15.5. The van der Waals surface area contributed by atoms with Crippen LogP contribution in [0.25, 0.3) is 10.7 Å². The van der Waals surface area contributed by atoms with Crippen LogP contribution < -0.4 is 0 Å². The van der Waals surface area contributed by atoms with Gasteiger partial charge in [-0.05, 0) is 38.1 Å². The summed E-state index contributed by atoms with van der Waals surface area (Å²) < 4.78 is 13.4. The predicted molar refractivity (Wildman–Crippen MR) is 90.6 cm³/mol. The summed E-state index contributed by atoms with van der Waals surface area (Å²) in [6, 6.07) is 4.45. The Kier molecular flexibility index (Phi) is 4.75. The Balaban J connectivity index is 1.45. The normalized spacial score (nSPS) is 22.7. The van der Waals surface area contributed by atoms with Crippen LogP contribution >= 0.6 is 11.3 Å². The molecule has 0 bridgehead atoms. The van der Waals surface area contributed by atoms with Gasteiger partial charge in [0, 0.05) is 23.8 Å². The van der Waals surface area contributed by atoms with Crippen LogP contribution in [0.1, 0.15) is 17.7 Å². The Morgan fingerprint density at radius 2 is 2.13 bits per heavy atom. The molecule has 1 unspecified atom stereocenters. The second-order valence-corrected chi connectivity index (χ2v) is 7.39. The van der Waals surface area contributed by atoms with E-state index in [0.717, 1.165) is 18.9 Å². The lowest BCUT2D eigenvalue weighted by atomic mass is 10.3. The first-order chi connectivity index (χ1) is 11.4. The van der Waals surface area contributed by atoms with E-state index in [1.165, 1.54) is 35.7 Å². The summed E-state index contributed by atoms with van der Waals surface area (Å²) in [5.74, 6) is 1.04. The van der Waals surface area contributed by atoms with Gasteiger partial charge in [-0.2, -0.15) is 0 Å². The molecule has 6 heteroatoms. The minimum atomic E-state index is 0.126. The highest BCUT2D eigenvalue weighted by molar-refractivity contribution is 7.15. The van der Waals surface area contributed by atoms with E-state index in [2.05, 4.69) is 26.6 Å². The van der Waals surface area contributed by atoms with Gasteiger partial charge in [-0.3, -0.25) is 4.90 Å². The molecule has 4 rings (SSSR count). The second kappa shape index (κ2) is 7.13. The van der Waals surface area contributed by atoms with Crippen molar-refractivity contribution in [1.29, 1.82) is 0 Å². The van der Waals surface area contributed by atoms with Gasteiger partial charge in [0.05, 0.1) is 37.3 Å². The first-order valence-corrected chi connectivity index (χ1v) is 9.22. The number of hydrogen-bond donors (Lipinski definition) is 0. The van der Waals surface area contributed by atoms with Crippen molar-refractivity contribution in [3.05, 3.63) is 29.4 Å². The lowest BCUT2D eigenvalue weighted by molar-refractivity contribution is -0.0934. The van der Waals surface area contributed by atoms with Gasteiger partial charge in [0.25, 0.3) is 0 Å². The topological polar surface area (TPSA) is 39.5 Å². The molecule has 23 heavy (non-hydrogen) atoms. The van der Waals surface area contributed by atoms with Crippen molar-refractivity contribution in [3.8, 4) is 10.7 Å². The van der Waals surface area contributed by atoms with Crippen molar-refractivity contribution in [3.63, 3.8) is 0 Å². The fourth-order valence-electron chi connectivity index (χ4n) is 3.29. The fourth-order valence-corrected chi connectivity index (χ4v) is 4.35. The molecule has 2 aromatic rings. The average molecular weight is 333 g/mol. The van der Waals surface area contributed by atoms with E-state index in [-0.39, 0.29) is 6.10 Å². The van der Waals surface area contributed by atoms with Crippen molar-refractivity contribution in [2.24, 2.45) is 0 Å². The molecule has 5 nitrogen and oxygen atoms in total. The van der Waals surface area contributed by atoms with Crippen molar-refractivity contribution in [1.82, 2.24) is 14.5 Å². The zero-order valence-electron chi connectivity index (χ0n) is 13.3. The summed E-state index contributed by atoms with van der Waals surface area (Å²) in [6.45, 7) is 6.41. The standard InChI is InChI=1S/C17H23N3O2S/c1-2-7-19(6-1)12-15-3-4-16(23-15)17-18-5-8-20(17)11-14-13-21-9-10-22-14/h3-5,8,14H,1-2,6-7,9-13H2. The van der Waals surface area contributed by atoms with Crippen molar-refractivity contribution in [2.75, 3.05) is 32.9 Å². The van der Waals surface area contributed by atoms with E-state index < -0.39 is 0 Å². The largest absolute Gasteiger partial charge is 0.376 e. The first-order valence-electron chi connectivity index (χ1n) is 8.40. The van der Waals surface area contributed by atoms with Gasteiger partial charge in [0.1, 0.15) is 5.82 Å². The highest BCUT2D eigenvalue weighted by Gasteiger charge is 2.18. The van der Waals surface area contributed by atoms with Crippen LogP contribution in [-0.2, 0) is 22.6 Å². The third kappa shape index (κ3) is 3.66. The molecule has 1 atom stereocenters. The molecular weight excluding hydrogens is 310 g/mol. The number of nitrogens with zero attached hydrogens (tertiary/aromatic N) is 3. The van der Waals surface area contributed by atoms with Crippen LogP contribution in [0.2, 0.25) is 0 Å². The van der Waals surface area contributed by atoms with Crippen LogP contribution in [0.15, 0.2) is 24.5 Å². The Hall–Kier alpha value is -1.21. The third-order valence-corrected chi connectivity index (χ3v) is 5.53. The van der Waals surface area contributed by atoms with E-state index in [9.17, 15) is 0 Å². The molecule has 0 amide bonds. The van der Waals surface area contributed by atoms with Crippen LogP contribution in [0.4, 0.5) is 0 Å². The van der Waals surface area contributed by atoms with Gasteiger partial charge in [-0.1, -0.05) is 0 Å². The molecule has 0 aliphatic carbocycles. The number of imidazole rings is 1. The number of ether oxygens (including phenoxy) is 2. The number of thiophene rings is 1. The van der Waals surface area contributed by atoms with E-state index in [0.29, 0.717) is 19.8 Å². The summed E-state index contributed by atoms with van der Waals surface area (Å²) in [4.78, 5) is 9.76. The minimum Gasteiger partial charge on any atom is -0.376 e. The van der Waals surface area contributed by atoms with Gasteiger partial charge in [-0.15, -0.1) is 11.3 Å². The molecule has 0 N–H and O–H groups in total. The molecule has 0 saturated carbocycles. The summed E-state index contributed by atoms with van der Waals surface area (Å²) in [7, 11) is 0. The summed E-state index contributed by atoms with van der Waals surface area (Å²) >= 11 is 1.86. The third-order valence-electron chi connectivity index (χ3n) is 4.46. The minimum absolute atomic E-state index is 0.126. The van der Waals surface area contributed by atoms with E-state index >= 15 is 0 Å². The van der Waals surface area contributed by atoms with E-state index in [1.54, 1.807) is 0 Å². The lowest BCUT2D eigenvalue weighted by Gasteiger charge is -2.23. The monoisotopic (exact) mass is 333 g/mol. The highest BCUT2D eigenvalue weighted by atomic mass is 32.1. The predicted octanol–water partition coefficient (Wildman–Crippen LogP) is 2.62. The Morgan fingerprint density at radius 3 is 2.96 bits per heavy atom. The number of likely N-dealkylation sites (tertiary alicyclic amines) is 1. The maximum Gasteiger partial charge on any atom is 0.150 e. The van der Waals surface area contributed by atoms with E-state index in [1.807, 2.05) is 23.7 Å². The zero-order valence-corrected chi connectivity index (χ0v) is 14.1. The highest BCUT2D eigenvalue weighted by Crippen LogP contribution is 2.28. The van der Waals surface area contributed by atoms with E-state index in [4.69, 9.17) is 9.47 Å². The van der Waals surface area contributed by atoms with Gasteiger partial charge < -0.3 is 14.0 Å². The SMILES string of the molecule is c1cn(CC2COCCO2)c(-c2ccc(CN3CCCC3)s2)n1. The molecule has 2 fully saturated rings. The average Bonchev–Trinajstić information content (AvgIpc) is 3.30. The van der Waals surface area contributed by atoms with Crippen molar-refractivity contribution >= 4 is 11.3 Å². The summed E-state index contributed by atoms with van der Waals surface area (Å²) in [5, 5.41) is 0. The summed E-state index contributed by atoms with van der Waals surface area (Å²) in [5.41, 5.74) is 0. The Morgan fingerprint density at radius 1 is 1.22 bits per heavy atom. The molecule has 0 aromatic carbocycles. The van der Waals surface area contributed by atoms with Gasteiger partial charge in [-0.25, -0.2) is 4.98 Å². The molecular formula is C17H23N3O2S. The van der Waals surface area contributed by atoms with Crippen LogP contribution in [0.5, 0.6) is 0 Å². The Bertz CT molecular complexity index is 627. The van der Waals surface area contributed by atoms with Gasteiger partial charge in [0.15, 0.2) is 0 Å². The number of aromatic nitrogens is 2. The van der Waals surface area contributed by atoms with Crippen molar-refractivity contribution < 1.29 is 9.47 Å². The molecule has 0 radical (unpaired) electrons. The van der Waals surface area contributed by atoms with Gasteiger partial charge >= 0.3 is 0 Å². The Labute approximate surface area is 140 Å². The maximum atomic E-state index is 5.76. The second-order valence-electron chi connectivity index (χ2n) is 6.22. The van der Waals surface area contributed by atoms with Gasteiger partial charge in [0.2, 0.25) is 0 Å². The maximum absolute atomic E-state index is 5.76. The lowest BCUT2D eigenvalue weighted by Crippen LogP contribution is -2.32. The van der Waals surface area contributed by atoms with Crippen LogP contribution in [-0.4, -0.2) is 53.5 Å². The molecule has 4 heterocycles. The smallest absolute Gasteiger partial charge is 0.150 e. The molecule has 124 valence electrons. The quantitative estimate of drug-likeness (QED) is 0.843. The molecule has 0 spiro atoms. The molecule has 2 saturated heterocycles. The fraction of sp³-hybridized carbons (Fsp3) is 0.588. The molecule has 2 aromatic heterocycles. The van der Waals surface area contributed by atoms with Crippen LogP contribution in [0.3, 0.4) is 0 Å². The molecule has 2 aliphatic heterocycles.